The molecule has 0 saturated heterocycles. The Balaban J connectivity index is 2.17. The molecule has 0 aliphatic carbocycles. The summed E-state index contributed by atoms with van der Waals surface area (Å²) in [5.41, 5.74) is 2.37. The number of aromatic nitrogens is 1. The van der Waals surface area contributed by atoms with Crippen molar-refractivity contribution in [3.05, 3.63) is 42.1 Å². The molecular formula is C16H22N2. The molecule has 0 aliphatic heterocycles. The van der Waals surface area contributed by atoms with Gasteiger partial charge in [-0.3, -0.25) is 4.98 Å². The van der Waals surface area contributed by atoms with Crippen LogP contribution in [0.25, 0.3) is 10.9 Å². The molecule has 1 N–H and O–H groups in total. The van der Waals surface area contributed by atoms with Gasteiger partial charge in [0.2, 0.25) is 0 Å². The lowest BCUT2D eigenvalue weighted by Crippen LogP contribution is -2.16. The van der Waals surface area contributed by atoms with E-state index in [-0.39, 0.29) is 0 Å². The Morgan fingerprint density at radius 2 is 2.06 bits per heavy atom. The van der Waals surface area contributed by atoms with E-state index in [0.717, 1.165) is 5.52 Å². The van der Waals surface area contributed by atoms with Gasteiger partial charge in [0.25, 0.3) is 0 Å². The van der Waals surface area contributed by atoms with E-state index in [2.05, 4.69) is 41.5 Å². The van der Waals surface area contributed by atoms with Gasteiger partial charge in [0.05, 0.1) is 5.52 Å². The van der Waals surface area contributed by atoms with Gasteiger partial charge >= 0.3 is 0 Å². The minimum absolute atomic E-state index is 0.425. The summed E-state index contributed by atoms with van der Waals surface area (Å²) in [6, 6.07) is 11.0. The largest absolute Gasteiger partial charge is 0.313 e. The minimum atomic E-state index is 0.425. The van der Waals surface area contributed by atoms with Crippen LogP contribution >= 0.6 is 0 Å². The van der Waals surface area contributed by atoms with Crippen LogP contribution in [-0.4, -0.2) is 12.0 Å². The van der Waals surface area contributed by atoms with Crippen molar-refractivity contribution in [1.29, 1.82) is 0 Å². The molecule has 0 saturated carbocycles. The molecule has 0 fully saturated rings. The molecule has 2 rings (SSSR count). The molecule has 1 unspecified atom stereocenters. The number of unbranched alkanes of at least 4 members (excludes halogenated alkanes) is 2. The topological polar surface area (TPSA) is 24.9 Å². The third-order valence-corrected chi connectivity index (χ3v) is 3.46. The summed E-state index contributed by atoms with van der Waals surface area (Å²) in [5.74, 6) is 0. The normalized spacial score (nSPS) is 12.8. The predicted molar refractivity (Wildman–Crippen MR) is 77.7 cm³/mol. The Labute approximate surface area is 109 Å². The molecule has 18 heavy (non-hydrogen) atoms. The SMILES string of the molecule is CCCCCC(NC)c1cnc2ccccc2c1. The second-order valence-corrected chi connectivity index (χ2v) is 4.80. The number of para-hydroxylation sites is 1. The van der Waals surface area contributed by atoms with Crippen LogP contribution in [0.1, 0.15) is 44.2 Å². The van der Waals surface area contributed by atoms with Crippen molar-refractivity contribution >= 4 is 10.9 Å². The molecule has 1 aromatic heterocycles. The zero-order valence-corrected chi connectivity index (χ0v) is 11.3. The van der Waals surface area contributed by atoms with Crippen LogP contribution in [0.15, 0.2) is 36.5 Å². The second kappa shape index (κ2) is 6.50. The van der Waals surface area contributed by atoms with Crippen molar-refractivity contribution in [2.24, 2.45) is 0 Å². The van der Waals surface area contributed by atoms with Crippen molar-refractivity contribution in [2.75, 3.05) is 7.05 Å². The Bertz CT molecular complexity index is 493. The zero-order valence-electron chi connectivity index (χ0n) is 11.3. The van der Waals surface area contributed by atoms with Crippen molar-refractivity contribution in [2.45, 2.75) is 38.6 Å². The fourth-order valence-electron chi connectivity index (χ4n) is 2.35. The molecule has 0 amide bonds. The van der Waals surface area contributed by atoms with E-state index >= 15 is 0 Å². The lowest BCUT2D eigenvalue weighted by atomic mass is 10.0. The second-order valence-electron chi connectivity index (χ2n) is 4.80. The molecule has 0 aliphatic rings. The van der Waals surface area contributed by atoms with E-state index in [1.807, 2.05) is 19.3 Å². The van der Waals surface area contributed by atoms with Gasteiger partial charge < -0.3 is 5.32 Å². The quantitative estimate of drug-likeness (QED) is 0.772. The van der Waals surface area contributed by atoms with Crippen molar-refractivity contribution in [1.82, 2.24) is 10.3 Å². The highest BCUT2D eigenvalue weighted by Crippen LogP contribution is 2.22. The first-order valence-corrected chi connectivity index (χ1v) is 6.87. The Hall–Kier alpha value is -1.41. The molecule has 1 aromatic carbocycles. The highest BCUT2D eigenvalue weighted by molar-refractivity contribution is 5.78. The maximum Gasteiger partial charge on any atom is 0.0702 e. The number of benzene rings is 1. The number of nitrogens with zero attached hydrogens (tertiary/aromatic N) is 1. The van der Waals surface area contributed by atoms with Crippen LogP contribution in [0.4, 0.5) is 0 Å². The van der Waals surface area contributed by atoms with Crippen LogP contribution < -0.4 is 5.32 Å². The zero-order chi connectivity index (χ0) is 12.8. The van der Waals surface area contributed by atoms with E-state index in [4.69, 9.17) is 0 Å². The third-order valence-electron chi connectivity index (χ3n) is 3.46. The summed E-state index contributed by atoms with van der Waals surface area (Å²) in [5, 5.41) is 4.63. The van der Waals surface area contributed by atoms with Crippen molar-refractivity contribution in [3.63, 3.8) is 0 Å². The third kappa shape index (κ3) is 3.08. The predicted octanol–water partition coefficient (Wildman–Crippen LogP) is 4.08. The smallest absolute Gasteiger partial charge is 0.0702 e. The summed E-state index contributed by atoms with van der Waals surface area (Å²) in [6.45, 7) is 2.24. The number of nitrogens with one attached hydrogen (secondary N) is 1. The van der Waals surface area contributed by atoms with E-state index in [1.165, 1.54) is 36.6 Å². The highest BCUT2D eigenvalue weighted by Gasteiger charge is 2.09. The van der Waals surface area contributed by atoms with Crippen LogP contribution in [0.5, 0.6) is 0 Å². The van der Waals surface area contributed by atoms with Gasteiger partial charge in [-0.15, -0.1) is 0 Å². The number of hydrogen-bond acceptors (Lipinski definition) is 2. The molecule has 96 valence electrons. The highest BCUT2D eigenvalue weighted by atomic mass is 14.9. The van der Waals surface area contributed by atoms with Gasteiger partial charge in [0, 0.05) is 17.6 Å². The van der Waals surface area contributed by atoms with Crippen LogP contribution in [0.3, 0.4) is 0 Å². The molecule has 2 nitrogen and oxygen atoms in total. The molecule has 2 heteroatoms. The molecule has 1 atom stereocenters. The monoisotopic (exact) mass is 242 g/mol. The van der Waals surface area contributed by atoms with E-state index in [0.29, 0.717) is 6.04 Å². The van der Waals surface area contributed by atoms with Gasteiger partial charge in [-0.1, -0.05) is 44.4 Å². The first-order chi connectivity index (χ1) is 8.85. The maximum absolute atomic E-state index is 4.54. The van der Waals surface area contributed by atoms with Crippen LogP contribution in [0.2, 0.25) is 0 Å². The first kappa shape index (κ1) is 13.0. The molecule has 0 spiro atoms. The summed E-state index contributed by atoms with van der Waals surface area (Å²) in [4.78, 5) is 4.54. The number of hydrogen-bond donors (Lipinski definition) is 1. The van der Waals surface area contributed by atoms with Gasteiger partial charge in [0.1, 0.15) is 0 Å². The minimum Gasteiger partial charge on any atom is -0.313 e. The lowest BCUT2D eigenvalue weighted by molar-refractivity contribution is 0.511. The standard InChI is InChI=1S/C16H22N2/c1-3-4-5-9-15(17-2)14-11-13-8-6-7-10-16(13)18-12-14/h6-8,10-12,15,17H,3-5,9H2,1-2H3. The molecule has 0 radical (unpaired) electrons. The average molecular weight is 242 g/mol. The fourth-order valence-corrected chi connectivity index (χ4v) is 2.35. The average Bonchev–Trinajstić information content (AvgIpc) is 2.43. The van der Waals surface area contributed by atoms with Gasteiger partial charge in [-0.05, 0) is 31.2 Å². The van der Waals surface area contributed by atoms with Crippen molar-refractivity contribution in [3.8, 4) is 0 Å². The van der Waals surface area contributed by atoms with E-state index in [1.54, 1.807) is 0 Å². The summed E-state index contributed by atoms with van der Waals surface area (Å²) >= 11 is 0. The Kier molecular flexibility index (Phi) is 4.71. The summed E-state index contributed by atoms with van der Waals surface area (Å²) < 4.78 is 0. The number of pyridine rings is 1. The Morgan fingerprint density at radius 3 is 2.83 bits per heavy atom. The van der Waals surface area contributed by atoms with Crippen molar-refractivity contribution < 1.29 is 0 Å². The van der Waals surface area contributed by atoms with E-state index < -0.39 is 0 Å². The lowest BCUT2D eigenvalue weighted by Gasteiger charge is -2.16. The maximum atomic E-state index is 4.54. The molecular weight excluding hydrogens is 220 g/mol. The summed E-state index contributed by atoms with van der Waals surface area (Å²) in [7, 11) is 2.03. The van der Waals surface area contributed by atoms with Crippen LogP contribution in [0, 0.1) is 0 Å². The van der Waals surface area contributed by atoms with Gasteiger partial charge in [0.15, 0.2) is 0 Å². The fraction of sp³-hybridized carbons (Fsp3) is 0.438. The van der Waals surface area contributed by atoms with Gasteiger partial charge in [-0.25, -0.2) is 0 Å². The molecule has 2 aromatic rings. The molecule has 1 heterocycles. The number of rotatable bonds is 6. The van der Waals surface area contributed by atoms with Gasteiger partial charge in [-0.2, -0.15) is 0 Å². The number of fused-ring (bicyclic) bond motifs is 1. The van der Waals surface area contributed by atoms with E-state index in [9.17, 15) is 0 Å². The first-order valence-electron chi connectivity index (χ1n) is 6.87. The summed E-state index contributed by atoms with van der Waals surface area (Å²) in [6.07, 6.45) is 7.04. The van der Waals surface area contributed by atoms with Crippen LogP contribution in [-0.2, 0) is 0 Å². The Morgan fingerprint density at radius 1 is 1.22 bits per heavy atom. The molecule has 0 bridgehead atoms.